The molecule has 1 aliphatic rings. The highest BCUT2D eigenvalue weighted by Gasteiger charge is 2.34. The Labute approximate surface area is 129 Å². The summed E-state index contributed by atoms with van der Waals surface area (Å²) in [7, 11) is 0. The average Bonchev–Trinajstić information content (AvgIpc) is 2.73. The van der Waals surface area contributed by atoms with Crippen LogP contribution >= 0.6 is 15.9 Å². The minimum absolute atomic E-state index is 0.0752. The smallest absolute Gasteiger partial charge is 0.261 e. The van der Waals surface area contributed by atoms with Crippen molar-refractivity contribution in [2.75, 3.05) is 0 Å². The van der Waals surface area contributed by atoms with Crippen molar-refractivity contribution in [2.24, 2.45) is 0 Å². The van der Waals surface area contributed by atoms with Crippen molar-refractivity contribution in [3.05, 3.63) is 70.5 Å². The average molecular weight is 348 g/mol. The number of imide groups is 1. The number of amides is 2. The van der Waals surface area contributed by atoms with Crippen LogP contribution in [0.2, 0.25) is 0 Å². The van der Waals surface area contributed by atoms with Crippen LogP contribution in [0.25, 0.3) is 0 Å². The number of benzene rings is 2. The van der Waals surface area contributed by atoms with E-state index in [9.17, 15) is 14.0 Å². The minimum Gasteiger partial charge on any atom is -0.270 e. The third kappa shape index (κ3) is 2.38. The molecule has 0 bridgehead atoms. The molecule has 1 heterocycles. The fraction of sp³-hybridized carbons (Fsp3) is 0.125. The molecule has 2 amide bonds. The molecule has 2 aromatic rings. The molecule has 2 aromatic carbocycles. The summed E-state index contributed by atoms with van der Waals surface area (Å²) in [5.74, 6) is -1.01. The monoisotopic (exact) mass is 347 g/mol. The van der Waals surface area contributed by atoms with E-state index in [2.05, 4.69) is 15.9 Å². The zero-order valence-electron chi connectivity index (χ0n) is 11.0. The molecule has 3 nitrogen and oxygen atoms in total. The quantitative estimate of drug-likeness (QED) is 0.629. The normalized spacial score (nSPS) is 13.7. The van der Waals surface area contributed by atoms with Crippen LogP contribution in [-0.4, -0.2) is 16.7 Å². The zero-order valence-corrected chi connectivity index (χ0v) is 12.6. The van der Waals surface area contributed by atoms with Gasteiger partial charge in [0.15, 0.2) is 0 Å². The molecule has 0 aliphatic carbocycles. The van der Waals surface area contributed by atoms with Crippen LogP contribution in [-0.2, 0) is 11.9 Å². The van der Waals surface area contributed by atoms with Gasteiger partial charge in [-0.05, 0) is 29.3 Å². The van der Waals surface area contributed by atoms with E-state index in [0.717, 1.165) is 4.90 Å². The van der Waals surface area contributed by atoms with Crippen LogP contribution in [0.4, 0.5) is 4.39 Å². The predicted molar refractivity (Wildman–Crippen MR) is 79.7 cm³/mol. The molecular formula is C16H11BrFNO2. The number of hydrogen-bond donors (Lipinski definition) is 0. The van der Waals surface area contributed by atoms with Crippen molar-refractivity contribution >= 4 is 27.7 Å². The molecule has 0 unspecified atom stereocenters. The third-order valence-corrected chi connectivity index (χ3v) is 4.08. The van der Waals surface area contributed by atoms with E-state index < -0.39 is 0 Å². The van der Waals surface area contributed by atoms with Gasteiger partial charge in [-0.1, -0.05) is 40.2 Å². The first kappa shape index (κ1) is 13.9. The lowest BCUT2D eigenvalue weighted by atomic mass is 10.1. The van der Waals surface area contributed by atoms with Gasteiger partial charge in [0.05, 0.1) is 17.7 Å². The number of halogens is 2. The second kappa shape index (κ2) is 5.41. The van der Waals surface area contributed by atoms with Gasteiger partial charge in [-0.15, -0.1) is 0 Å². The number of nitrogens with zero attached hydrogens (tertiary/aromatic N) is 1. The fourth-order valence-corrected chi connectivity index (χ4v) is 2.82. The topological polar surface area (TPSA) is 37.4 Å². The number of hydrogen-bond acceptors (Lipinski definition) is 2. The third-order valence-electron chi connectivity index (χ3n) is 3.48. The van der Waals surface area contributed by atoms with Crippen molar-refractivity contribution in [1.82, 2.24) is 4.90 Å². The van der Waals surface area contributed by atoms with Gasteiger partial charge in [0.25, 0.3) is 11.8 Å². The van der Waals surface area contributed by atoms with Crippen molar-refractivity contribution in [2.45, 2.75) is 11.9 Å². The summed E-state index contributed by atoms with van der Waals surface area (Å²) in [5.41, 5.74) is 1.94. The van der Waals surface area contributed by atoms with Gasteiger partial charge in [0.2, 0.25) is 0 Å². The second-order valence-corrected chi connectivity index (χ2v) is 5.36. The standard InChI is InChI=1S/C16H11BrFNO2/c17-8-11-6-5-10(7-14(11)18)9-19-15(20)12-3-1-2-4-13(12)16(19)21/h1-7H,8-9H2. The van der Waals surface area contributed by atoms with Crippen LogP contribution in [0.15, 0.2) is 42.5 Å². The van der Waals surface area contributed by atoms with E-state index in [1.807, 2.05) is 0 Å². The highest BCUT2D eigenvalue weighted by atomic mass is 79.9. The summed E-state index contributed by atoms with van der Waals surface area (Å²) < 4.78 is 13.8. The predicted octanol–water partition coefficient (Wildman–Crippen LogP) is 3.52. The van der Waals surface area contributed by atoms with Gasteiger partial charge >= 0.3 is 0 Å². The Hall–Kier alpha value is -2.01. The first-order chi connectivity index (χ1) is 10.1. The Morgan fingerprint density at radius 3 is 2.14 bits per heavy atom. The van der Waals surface area contributed by atoms with E-state index in [1.165, 1.54) is 6.07 Å². The highest BCUT2D eigenvalue weighted by Crippen LogP contribution is 2.24. The summed E-state index contributed by atoms with van der Waals surface area (Å²) >= 11 is 3.20. The molecule has 106 valence electrons. The second-order valence-electron chi connectivity index (χ2n) is 4.80. The Morgan fingerprint density at radius 1 is 1.00 bits per heavy atom. The Bertz CT molecular complexity index is 710. The Morgan fingerprint density at radius 2 is 1.62 bits per heavy atom. The van der Waals surface area contributed by atoms with E-state index in [1.54, 1.807) is 36.4 Å². The minimum atomic E-state index is -0.346. The Kier molecular flexibility index (Phi) is 3.59. The largest absolute Gasteiger partial charge is 0.270 e. The van der Waals surface area contributed by atoms with Gasteiger partial charge in [-0.2, -0.15) is 0 Å². The van der Waals surface area contributed by atoms with Gasteiger partial charge in [0, 0.05) is 5.33 Å². The lowest BCUT2D eigenvalue weighted by Crippen LogP contribution is -2.29. The zero-order chi connectivity index (χ0) is 15.0. The lowest BCUT2D eigenvalue weighted by Gasteiger charge is -2.14. The van der Waals surface area contributed by atoms with E-state index in [4.69, 9.17) is 0 Å². The van der Waals surface area contributed by atoms with Crippen molar-refractivity contribution in [3.8, 4) is 0 Å². The van der Waals surface area contributed by atoms with Gasteiger partial charge in [0.1, 0.15) is 5.82 Å². The lowest BCUT2D eigenvalue weighted by molar-refractivity contribution is 0.0642. The van der Waals surface area contributed by atoms with Crippen molar-refractivity contribution in [1.29, 1.82) is 0 Å². The molecule has 21 heavy (non-hydrogen) atoms. The molecule has 0 fully saturated rings. The first-order valence-electron chi connectivity index (χ1n) is 6.40. The number of alkyl halides is 1. The molecule has 0 saturated carbocycles. The van der Waals surface area contributed by atoms with Crippen LogP contribution < -0.4 is 0 Å². The summed E-state index contributed by atoms with van der Waals surface area (Å²) in [4.78, 5) is 25.6. The SMILES string of the molecule is O=C1c2ccccc2C(=O)N1Cc1ccc(CBr)c(F)c1. The maximum Gasteiger partial charge on any atom is 0.261 e. The number of fused-ring (bicyclic) bond motifs is 1. The number of carbonyl (C=O) groups is 2. The molecule has 1 aliphatic heterocycles. The number of carbonyl (C=O) groups excluding carboxylic acids is 2. The van der Waals surface area contributed by atoms with Crippen molar-refractivity contribution < 1.29 is 14.0 Å². The van der Waals surface area contributed by atoms with Gasteiger partial charge in [-0.3, -0.25) is 14.5 Å². The van der Waals surface area contributed by atoms with Crippen LogP contribution in [0.5, 0.6) is 0 Å². The molecule has 5 heteroatoms. The van der Waals surface area contributed by atoms with Gasteiger partial charge < -0.3 is 0 Å². The summed E-state index contributed by atoms with van der Waals surface area (Å²) in [5, 5.41) is 0.423. The maximum absolute atomic E-state index is 13.8. The summed E-state index contributed by atoms with van der Waals surface area (Å²) in [6.07, 6.45) is 0. The molecule has 0 spiro atoms. The summed E-state index contributed by atoms with van der Waals surface area (Å²) in [6, 6.07) is 11.4. The molecule has 0 saturated heterocycles. The molecule has 0 N–H and O–H groups in total. The van der Waals surface area contributed by atoms with Crippen LogP contribution in [0.3, 0.4) is 0 Å². The highest BCUT2D eigenvalue weighted by molar-refractivity contribution is 9.08. The fourth-order valence-electron chi connectivity index (χ4n) is 2.36. The summed E-state index contributed by atoms with van der Waals surface area (Å²) in [6.45, 7) is 0.0752. The van der Waals surface area contributed by atoms with E-state index in [0.29, 0.717) is 27.6 Å². The van der Waals surface area contributed by atoms with Gasteiger partial charge in [-0.25, -0.2) is 4.39 Å². The van der Waals surface area contributed by atoms with Crippen LogP contribution in [0, 0.1) is 5.82 Å². The molecule has 3 rings (SSSR count). The molecule has 0 aromatic heterocycles. The molecular weight excluding hydrogens is 337 g/mol. The maximum atomic E-state index is 13.8. The first-order valence-corrected chi connectivity index (χ1v) is 7.52. The number of rotatable bonds is 3. The van der Waals surface area contributed by atoms with E-state index in [-0.39, 0.29) is 24.2 Å². The molecule has 0 atom stereocenters. The molecule has 0 radical (unpaired) electrons. The van der Waals surface area contributed by atoms with E-state index >= 15 is 0 Å². The Balaban J connectivity index is 1.88. The van der Waals surface area contributed by atoms with Crippen LogP contribution in [0.1, 0.15) is 31.8 Å². The van der Waals surface area contributed by atoms with Crippen molar-refractivity contribution in [3.63, 3.8) is 0 Å².